The summed E-state index contributed by atoms with van der Waals surface area (Å²) in [6.45, 7) is 1.03. The first-order valence-corrected chi connectivity index (χ1v) is 6.74. The van der Waals surface area contributed by atoms with Gasteiger partial charge in [0.2, 0.25) is 5.24 Å². The molecule has 0 saturated heterocycles. The lowest BCUT2D eigenvalue weighted by Crippen LogP contribution is -2.02. The van der Waals surface area contributed by atoms with Gasteiger partial charge in [0.1, 0.15) is 0 Å². The monoisotopic (exact) mass is 268 g/mol. The number of carbonyl (C=O) groups is 1. The van der Waals surface area contributed by atoms with Gasteiger partial charge in [0.05, 0.1) is 13.2 Å². The summed E-state index contributed by atoms with van der Waals surface area (Å²) < 4.78 is 6.65. The fourth-order valence-corrected chi connectivity index (χ4v) is 2.46. The number of fused-ring (bicyclic) bond motifs is 1. The summed E-state index contributed by atoms with van der Waals surface area (Å²) in [6.07, 6.45) is 1.15. The van der Waals surface area contributed by atoms with Crippen LogP contribution in [0.1, 0.15) is 12.0 Å². The zero-order valence-electron chi connectivity index (χ0n) is 9.32. The topological polar surface area (TPSA) is 26.3 Å². The highest BCUT2D eigenvalue weighted by atomic mass is 35.5. The number of hydrogen-bond donors (Lipinski definition) is 0. The highest BCUT2D eigenvalue weighted by Crippen LogP contribution is 2.21. The number of ether oxygens (including phenoxy) is 1. The molecule has 0 atom stereocenters. The number of thiophene rings is 1. The highest BCUT2D eigenvalue weighted by Gasteiger charge is 1.99. The van der Waals surface area contributed by atoms with Crippen molar-refractivity contribution in [3.05, 3.63) is 35.2 Å². The Morgan fingerprint density at radius 2 is 2.18 bits per heavy atom. The van der Waals surface area contributed by atoms with Crippen LogP contribution in [-0.4, -0.2) is 18.5 Å². The number of hydrogen-bond acceptors (Lipinski definition) is 3. The quantitative estimate of drug-likeness (QED) is 0.591. The van der Waals surface area contributed by atoms with Crippen LogP contribution < -0.4 is 0 Å². The normalized spacial score (nSPS) is 10.9. The minimum absolute atomic E-state index is 0.283. The van der Waals surface area contributed by atoms with Crippen LogP contribution in [0.25, 0.3) is 10.1 Å². The Morgan fingerprint density at radius 1 is 1.29 bits per heavy atom. The number of carbonyl (C=O) groups excluding carboxylic acids is 1. The third-order valence-corrected chi connectivity index (χ3v) is 3.58. The van der Waals surface area contributed by atoms with Crippen LogP contribution in [0.4, 0.5) is 0 Å². The van der Waals surface area contributed by atoms with Crippen LogP contribution in [-0.2, 0) is 16.0 Å². The molecule has 90 valence electrons. The van der Waals surface area contributed by atoms with Gasteiger partial charge >= 0.3 is 0 Å². The van der Waals surface area contributed by atoms with Gasteiger partial charge in [0, 0.05) is 11.1 Å². The Labute approximate surface area is 109 Å². The first-order chi connectivity index (χ1) is 8.25. The molecule has 0 amide bonds. The predicted octanol–water partition coefficient (Wildman–Crippen LogP) is 3.62. The molecule has 0 aliphatic carbocycles. The van der Waals surface area contributed by atoms with Gasteiger partial charge in [-0.25, -0.2) is 0 Å². The summed E-state index contributed by atoms with van der Waals surface area (Å²) in [5, 5.41) is 3.03. The van der Waals surface area contributed by atoms with Crippen molar-refractivity contribution in [2.75, 3.05) is 13.2 Å². The van der Waals surface area contributed by atoms with Crippen LogP contribution in [0.3, 0.4) is 0 Å². The van der Waals surface area contributed by atoms with E-state index < -0.39 is 0 Å². The van der Waals surface area contributed by atoms with Crippen LogP contribution in [0.2, 0.25) is 0 Å². The van der Waals surface area contributed by atoms with Crippen LogP contribution in [0, 0.1) is 0 Å². The lowest BCUT2D eigenvalue weighted by atomic mass is 10.1. The zero-order valence-corrected chi connectivity index (χ0v) is 10.9. The smallest absolute Gasteiger partial charge is 0.223 e. The third kappa shape index (κ3) is 3.80. The van der Waals surface area contributed by atoms with Crippen molar-refractivity contribution < 1.29 is 9.53 Å². The van der Waals surface area contributed by atoms with Gasteiger partial charge in [-0.1, -0.05) is 12.1 Å². The summed E-state index contributed by atoms with van der Waals surface area (Å²) in [6, 6.07) is 8.56. The van der Waals surface area contributed by atoms with Gasteiger partial charge in [-0.3, -0.25) is 4.79 Å². The van der Waals surface area contributed by atoms with E-state index in [-0.39, 0.29) is 11.7 Å². The van der Waals surface area contributed by atoms with Gasteiger partial charge in [-0.05, 0) is 46.5 Å². The lowest BCUT2D eigenvalue weighted by Gasteiger charge is -2.03. The van der Waals surface area contributed by atoms with Crippen LogP contribution in [0.5, 0.6) is 0 Å². The molecular formula is C13H13ClO2S. The van der Waals surface area contributed by atoms with E-state index in [4.69, 9.17) is 16.3 Å². The molecule has 0 unspecified atom stereocenters. The van der Waals surface area contributed by atoms with Crippen molar-refractivity contribution >= 4 is 38.3 Å². The molecule has 0 aliphatic rings. The van der Waals surface area contributed by atoms with Gasteiger partial charge in [0.25, 0.3) is 0 Å². The largest absolute Gasteiger partial charge is 0.381 e. The average Bonchev–Trinajstić information content (AvgIpc) is 2.75. The van der Waals surface area contributed by atoms with E-state index in [1.165, 1.54) is 15.6 Å². The van der Waals surface area contributed by atoms with Gasteiger partial charge in [0.15, 0.2) is 0 Å². The van der Waals surface area contributed by atoms with Crippen molar-refractivity contribution in [1.29, 1.82) is 0 Å². The van der Waals surface area contributed by atoms with Crippen molar-refractivity contribution in [2.24, 2.45) is 0 Å². The maximum Gasteiger partial charge on any atom is 0.223 e. The van der Waals surface area contributed by atoms with Gasteiger partial charge in [-0.15, -0.1) is 11.3 Å². The molecule has 2 rings (SSSR count). The SMILES string of the molecule is O=C(Cl)CCOCCc1ccc2sccc2c1. The van der Waals surface area contributed by atoms with Gasteiger partial charge in [-0.2, -0.15) is 0 Å². The Bertz CT molecular complexity index is 507. The molecule has 0 radical (unpaired) electrons. The second-order valence-electron chi connectivity index (χ2n) is 3.76. The first-order valence-electron chi connectivity index (χ1n) is 5.48. The number of rotatable bonds is 6. The minimum atomic E-state index is -0.343. The summed E-state index contributed by atoms with van der Waals surface area (Å²) in [5.74, 6) is 0. The molecule has 1 aromatic heterocycles. The molecule has 4 heteroatoms. The van der Waals surface area contributed by atoms with E-state index in [1.54, 1.807) is 11.3 Å². The molecule has 0 saturated carbocycles. The second kappa shape index (κ2) is 6.15. The third-order valence-electron chi connectivity index (χ3n) is 2.49. The molecule has 2 aromatic rings. The Morgan fingerprint density at radius 3 is 3.00 bits per heavy atom. The summed E-state index contributed by atoms with van der Waals surface area (Å²) in [4.78, 5) is 10.5. The van der Waals surface area contributed by atoms with E-state index in [9.17, 15) is 4.79 Å². The maximum absolute atomic E-state index is 10.5. The van der Waals surface area contributed by atoms with Crippen LogP contribution >= 0.6 is 22.9 Å². The Balaban J connectivity index is 1.80. The molecule has 0 fully saturated rings. The molecule has 0 bridgehead atoms. The molecule has 0 N–H and O–H groups in total. The summed E-state index contributed by atoms with van der Waals surface area (Å²) in [5.41, 5.74) is 1.26. The van der Waals surface area contributed by atoms with E-state index >= 15 is 0 Å². The highest BCUT2D eigenvalue weighted by molar-refractivity contribution is 7.17. The lowest BCUT2D eigenvalue weighted by molar-refractivity contribution is -0.112. The molecule has 0 spiro atoms. The van der Waals surface area contributed by atoms with E-state index in [0.717, 1.165) is 6.42 Å². The number of benzene rings is 1. The van der Waals surface area contributed by atoms with E-state index in [1.807, 2.05) is 0 Å². The number of halogens is 1. The fourth-order valence-electron chi connectivity index (χ4n) is 1.62. The van der Waals surface area contributed by atoms with Crippen molar-refractivity contribution in [1.82, 2.24) is 0 Å². The molecule has 1 aromatic carbocycles. The Kier molecular flexibility index (Phi) is 4.54. The summed E-state index contributed by atoms with van der Waals surface area (Å²) >= 11 is 6.96. The fraction of sp³-hybridized carbons (Fsp3) is 0.308. The minimum Gasteiger partial charge on any atom is -0.381 e. The molecule has 0 aliphatic heterocycles. The van der Waals surface area contributed by atoms with Gasteiger partial charge < -0.3 is 4.74 Å². The van der Waals surface area contributed by atoms with Crippen molar-refractivity contribution in [2.45, 2.75) is 12.8 Å². The van der Waals surface area contributed by atoms with E-state index in [2.05, 4.69) is 29.6 Å². The van der Waals surface area contributed by atoms with Crippen molar-refractivity contribution in [3.63, 3.8) is 0 Å². The van der Waals surface area contributed by atoms with E-state index in [0.29, 0.717) is 13.2 Å². The van der Waals surface area contributed by atoms with Crippen LogP contribution in [0.15, 0.2) is 29.6 Å². The first kappa shape index (κ1) is 12.6. The molecule has 1 heterocycles. The second-order valence-corrected chi connectivity index (χ2v) is 5.13. The average molecular weight is 269 g/mol. The summed E-state index contributed by atoms with van der Waals surface area (Å²) in [7, 11) is 0. The maximum atomic E-state index is 10.5. The predicted molar refractivity (Wildman–Crippen MR) is 71.8 cm³/mol. The molecule has 2 nitrogen and oxygen atoms in total. The molecular weight excluding hydrogens is 256 g/mol. The van der Waals surface area contributed by atoms with Crippen molar-refractivity contribution in [3.8, 4) is 0 Å². The molecule has 17 heavy (non-hydrogen) atoms. The standard InChI is InChI=1S/C13H13ClO2S/c14-13(15)4-7-16-6-3-10-1-2-12-11(9-10)5-8-17-12/h1-2,5,8-9H,3-4,6-7H2. The zero-order chi connectivity index (χ0) is 12.1. The Hall–Kier alpha value is -0.900.